The molecule has 1 aromatic heterocycles. The third kappa shape index (κ3) is 4.13. The van der Waals surface area contributed by atoms with Crippen molar-refractivity contribution in [3.8, 4) is 0 Å². The first kappa shape index (κ1) is 15.2. The molecule has 0 amide bonds. The molecule has 0 spiro atoms. The molecule has 1 unspecified atom stereocenters. The number of benzene rings is 1. The Morgan fingerprint density at radius 3 is 2.70 bits per heavy atom. The van der Waals surface area contributed by atoms with Crippen LogP contribution >= 0.6 is 11.3 Å². The van der Waals surface area contributed by atoms with Gasteiger partial charge in [0.05, 0.1) is 16.8 Å². The van der Waals surface area contributed by atoms with Crippen LogP contribution < -0.4 is 0 Å². The summed E-state index contributed by atoms with van der Waals surface area (Å²) in [5.74, 6) is 0. The van der Waals surface area contributed by atoms with Gasteiger partial charge < -0.3 is 10.0 Å². The first-order chi connectivity index (χ1) is 9.56. The topological polar surface area (TPSA) is 36.4 Å². The summed E-state index contributed by atoms with van der Waals surface area (Å²) >= 11 is 1.68. The first-order valence-corrected chi connectivity index (χ1v) is 7.77. The maximum absolute atomic E-state index is 10.3. The zero-order valence-electron chi connectivity index (χ0n) is 12.3. The van der Waals surface area contributed by atoms with E-state index < -0.39 is 6.10 Å². The second-order valence-corrected chi connectivity index (χ2v) is 6.32. The molecule has 1 heterocycles. The minimum Gasteiger partial charge on any atom is -0.388 e. The van der Waals surface area contributed by atoms with Crippen LogP contribution in [-0.4, -0.2) is 28.6 Å². The van der Waals surface area contributed by atoms with Crippen LogP contribution in [0.1, 0.15) is 34.4 Å². The Hall–Kier alpha value is -1.23. The van der Waals surface area contributed by atoms with E-state index in [9.17, 15) is 5.11 Å². The van der Waals surface area contributed by atoms with Gasteiger partial charge in [-0.1, -0.05) is 24.3 Å². The van der Waals surface area contributed by atoms with Gasteiger partial charge >= 0.3 is 0 Å². The Balaban J connectivity index is 1.84. The molecular weight excluding hydrogens is 268 g/mol. The van der Waals surface area contributed by atoms with Crippen molar-refractivity contribution in [1.82, 2.24) is 9.88 Å². The van der Waals surface area contributed by atoms with E-state index in [1.807, 2.05) is 38.1 Å². The van der Waals surface area contributed by atoms with Crippen LogP contribution in [0.3, 0.4) is 0 Å². The zero-order valence-corrected chi connectivity index (χ0v) is 13.2. The Kier molecular flexibility index (Phi) is 5.29. The van der Waals surface area contributed by atoms with Gasteiger partial charge in [-0.05, 0) is 38.4 Å². The molecule has 0 aliphatic rings. The van der Waals surface area contributed by atoms with Gasteiger partial charge in [-0.15, -0.1) is 11.3 Å². The molecule has 1 N–H and O–H groups in total. The SMILES string of the molecule is Cc1nc(CN(C)CCC(O)c2ccccc2C)cs1. The first-order valence-electron chi connectivity index (χ1n) is 6.89. The Labute approximate surface area is 124 Å². The summed E-state index contributed by atoms with van der Waals surface area (Å²) in [6.45, 7) is 5.76. The average molecular weight is 290 g/mol. The second kappa shape index (κ2) is 6.97. The van der Waals surface area contributed by atoms with Gasteiger partial charge in [0.1, 0.15) is 0 Å². The lowest BCUT2D eigenvalue weighted by Crippen LogP contribution is -2.21. The van der Waals surface area contributed by atoms with Crippen molar-refractivity contribution in [2.24, 2.45) is 0 Å². The standard InChI is InChI=1S/C16H22N2OS/c1-12-6-4-5-7-15(12)16(19)8-9-18(3)10-14-11-20-13(2)17-14/h4-7,11,16,19H,8-10H2,1-3H3. The van der Waals surface area contributed by atoms with Gasteiger partial charge in [-0.2, -0.15) is 0 Å². The van der Waals surface area contributed by atoms with E-state index in [2.05, 4.69) is 22.3 Å². The van der Waals surface area contributed by atoms with Gasteiger partial charge in [-0.25, -0.2) is 4.98 Å². The van der Waals surface area contributed by atoms with Crippen LogP contribution in [0.25, 0.3) is 0 Å². The molecule has 0 aliphatic carbocycles. The summed E-state index contributed by atoms with van der Waals surface area (Å²) in [5.41, 5.74) is 3.29. The van der Waals surface area contributed by atoms with Crippen molar-refractivity contribution in [2.45, 2.75) is 32.9 Å². The van der Waals surface area contributed by atoms with Gasteiger partial charge in [-0.3, -0.25) is 0 Å². The molecule has 1 atom stereocenters. The predicted octanol–water partition coefficient (Wildman–Crippen LogP) is 3.32. The Bertz CT molecular complexity index is 553. The number of thiazole rings is 1. The van der Waals surface area contributed by atoms with Crippen molar-refractivity contribution >= 4 is 11.3 Å². The van der Waals surface area contributed by atoms with E-state index in [4.69, 9.17) is 0 Å². The van der Waals surface area contributed by atoms with Crippen molar-refractivity contribution < 1.29 is 5.11 Å². The fraction of sp³-hybridized carbons (Fsp3) is 0.438. The summed E-state index contributed by atoms with van der Waals surface area (Å²) in [6, 6.07) is 8.03. The number of rotatable bonds is 6. The van der Waals surface area contributed by atoms with Crippen LogP contribution in [0.2, 0.25) is 0 Å². The van der Waals surface area contributed by atoms with Crippen molar-refractivity contribution in [3.63, 3.8) is 0 Å². The minimum atomic E-state index is -0.393. The maximum Gasteiger partial charge on any atom is 0.0897 e. The van der Waals surface area contributed by atoms with E-state index in [0.717, 1.165) is 41.3 Å². The third-order valence-electron chi connectivity index (χ3n) is 3.43. The lowest BCUT2D eigenvalue weighted by molar-refractivity contribution is 0.147. The Morgan fingerprint density at radius 1 is 1.30 bits per heavy atom. The predicted molar refractivity (Wildman–Crippen MR) is 83.9 cm³/mol. The van der Waals surface area contributed by atoms with Crippen molar-refractivity contribution in [1.29, 1.82) is 0 Å². The van der Waals surface area contributed by atoms with Crippen LogP contribution in [0, 0.1) is 13.8 Å². The molecule has 3 nitrogen and oxygen atoms in total. The minimum absolute atomic E-state index is 0.393. The molecule has 0 bridgehead atoms. The highest BCUT2D eigenvalue weighted by Gasteiger charge is 2.11. The average Bonchev–Trinajstić information content (AvgIpc) is 2.82. The van der Waals surface area contributed by atoms with Crippen LogP contribution in [0.5, 0.6) is 0 Å². The fourth-order valence-electron chi connectivity index (χ4n) is 2.30. The second-order valence-electron chi connectivity index (χ2n) is 5.26. The smallest absolute Gasteiger partial charge is 0.0897 e. The van der Waals surface area contributed by atoms with E-state index in [1.54, 1.807) is 11.3 Å². The highest BCUT2D eigenvalue weighted by atomic mass is 32.1. The molecule has 0 fully saturated rings. The number of hydrogen-bond acceptors (Lipinski definition) is 4. The molecule has 0 saturated carbocycles. The summed E-state index contributed by atoms with van der Waals surface area (Å²) in [6.07, 6.45) is 0.348. The van der Waals surface area contributed by atoms with Crippen LogP contribution in [0.4, 0.5) is 0 Å². The number of aliphatic hydroxyl groups is 1. The third-order valence-corrected chi connectivity index (χ3v) is 4.25. The van der Waals surface area contributed by atoms with Gasteiger partial charge in [0.15, 0.2) is 0 Å². The number of aromatic nitrogens is 1. The summed E-state index contributed by atoms with van der Waals surface area (Å²) in [7, 11) is 2.07. The molecule has 1 aromatic carbocycles. The molecule has 0 saturated heterocycles. The number of aliphatic hydroxyl groups excluding tert-OH is 1. The molecule has 108 valence electrons. The zero-order chi connectivity index (χ0) is 14.5. The van der Waals surface area contributed by atoms with Gasteiger partial charge in [0.25, 0.3) is 0 Å². The summed E-state index contributed by atoms with van der Waals surface area (Å²) in [5, 5.41) is 13.5. The van der Waals surface area contributed by atoms with Crippen LogP contribution in [0.15, 0.2) is 29.6 Å². The van der Waals surface area contributed by atoms with E-state index in [1.165, 1.54) is 0 Å². The fourth-order valence-corrected chi connectivity index (χ4v) is 2.90. The largest absolute Gasteiger partial charge is 0.388 e. The maximum atomic E-state index is 10.3. The molecule has 0 aliphatic heterocycles. The lowest BCUT2D eigenvalue weighted by Gasteiger charge is -2.19. The Morgan fingerprint density at radius 2 is 2.05 bits per heavy atom. The van der Waals surface area contributed by atoms with Crippen LogP contribution in [-0.2, 0) is 6.54 Å². The van der Waals surface area contributed by atoms with Gasteiger partial charge in [0, 0.05) is 18.5 Å². The molecule has 2 rings (SSSR count). The van der Waals surface area contributed by atoms with E-state index in [0.29, 0.717) is 0 Å². The summed E-state index contributed by atoms with van der Waals surface area (Å²) in [4.78, 5) is 6.67. The highest BCUT2D eigenvalue weighted by Crippen LogP contribution is 2.20. The molecular formula is C16H22N2OS. The van der Waals surface area contributed by atoms with E-state index >= 15 is 0 Å². The monoisotopic (exact) mass is 290 g/mol. The molecule has 4 heteroatoms. The quantitative estimate of drug-likeness (QED) is 0.886. The van der Waals surface area contributed by atoms with Crippen molar-refractivity contribution in [2.75, 3.05) is 13.6 Å². The number of hydrogen-bond donors (Lipinski definition) is 1. The number of aryl methyl sites for hydroxylation is 2. The van der Waals surface area contributed by atoms with E-state index in [-0.39, 0.29) is 0 Å². The molecule has 2 aromatic rings. The lowest BCUT2D eigenvalue weighted by atomic mass is 10.0. The normalized spacial score (nSPS) is 12.8. The number of nitrogens with zero attached hydrogens (tertiary/aromatic N) is 2. The van der Waals surface area contributed by atoms with Crippen molar-refractivity contribution in [3.05, 3.63) is 51.5 Å². The molecule has 20 heavy (non-hydrogen) atoms. The highest BCUT2D eigenvalue weighted by molar-refractivity contribution is 7.09. The summed E-state index contributed by atoms with van der Waals surface area (Å²) < 4.78 is 0. The molecule has 0 radical (unpaired) electrons. The van der Waals surface area contributed by atoms with Gasteiger partial charge in [0.2, 0.25) is 0 Å².